The van der Waals surface area contributed by atoms with Crippen LogP contribution in [0.1, 0.15) is 17.2 Å². The first-order chi connectivity index (χ1) is 14.5. The summed E-state index contributed by atoms with van der Waals surface area (Å²) in [6.45, 7) is 0. The topological polar surface area (TPSA) is 79.7 Å². The van der Waals surface area contributed by atoms with Crippen LogP contribution in [-0.2, 0) is 9.59 Å². The average molecular weight is 465 g/mol. The van der Waals surface area contributed by atoms with E-state index in [2.05, 4.69) is 20.9 Å². The van der Waals surface area contributed by atoms with Gasteiger partial charge in [-0.25, -0.2) is 4.98 Å². The Morgan fingerprint density at radius 3 is 2.50 bits per heavy atom. The van der Waals surface area contributed by atoms with Gasteiger partial charge in [0.15, 0.2) is 0 Å². The number of benzene rings is 2. The molecule has 0 saturated carbocycles. The average Bonchev–Trinajstić information content (AvgIpc) is 3.05. The van der Waals surface area contributed by atoms with Crippen molar-refractivity contribution in [2.45, 2.75) is 6.04 Å². The minimum absolute atomic E-state index is 0.00114. The molecule has 150 valence electrons. The number of pyridine rings is 1. The zero-order valence-corrected chi connectivity index (χ0v) is 17.5. The molecule has 1 aliphatic rings. The Morgan fingerprint density at radius 2 is 1.83 bits per heavy atom. The predicted octanol–water partition coefficient (Wildman–Crippen LogP) is 4.48. The highest BCUT2D eigenvalue weighted by molar-refractivity contribution is 9.10. The summed E-state index contributed by atoms with van der Waals surface area (Å²) in [7, 11) is 1.51. The summed E-state index contributed by atoms with van der Waals surface area (Å²) in [5.41, 5.74) is 1.06. The highest BCUT2D eigenvalue weighted by Crippen LogP contribution is 2.41. The molecule has 1 aliphatic heterocycles. The summed E-state index contributed by atoms with van der Waals surface area (Å²) in [6.07, 6.45) is 1.55. The van der Waals surface area contributed by atoms with Gasteiger partial charge in [0.25, 0.3) is 5.78 Å². The molecule has 30 heavy (non-hydrogen) atoms. The number of aliphatic hydroxyl groups excluding tert-OH is 1. The molecule has 0 spiro atoms. The Balaban J connectivity index is 1.94. The summed E-state index contributed by atoms with van der Waals surface area (Å²) >= 11 is 3.40. The van der Waals surface area contributed by atoms with Gasteiger partial charge in [0.2, 0.25) is 0 Å². The molecule has 1 saturated heterocycles. The van der Waals surface area contributed by atoms with Crippen LogP contribution in [0.2, 0.25) is 0 Å². The van der Waals surface area contributed by atoms with E-state index >= 15 is 0 Å². The smallest absolute Gasteiger partial charge is 0.301 e. The van der Waals surface area contributed by atoms with E-state index in [9.17, 15) is 14.7 Å². The van der Waals surface area contributed by atoms with Gasteiger partial charge >= 0.3 is 5.91 Å². The molecule has 6 nitrogen and oxygen atoms in total. The normalized spacial score (nSPS) is 17.9. The van der Waals surface area contributed by atoms with E-state index in [1.165, 1.54) is 12.0 Å². The van der Waals surface area contributed by atoms with Crippen LogP contribution >= 0.6 is 15.9 Å². The largest absolute Gasteiger partial charge is 0.507 e. The molecule has 0 bridgehead atoms. The molecule has 1 fully saturated rings. The number of nitrogens with zero attached hydrogens (tertiary/aromatic N) is 2. The van der Waals surface area contributed by atoms with E-state index in [-0.39, 0.29) is 11.3 Å². The molecule has 2 aromatic carbocycles. The molecule has 1 atom stereocenters. The lowest BCUT2D eigenvalue weighted by atomic mass is 9.95. The number of halogens is 1. The molecule has 0 aliphatic carbocycles. The second-order valence-corrected chi connectivity index (χ2v) is 7.56. The van der Waals surface area contributed by atoms with Gasteiger partial charge in [-0.3, -0.25) is 14.5 Å². The monoisotopic (exact) mass is 464 g/mol. The van der Waals surface area contributed by atoms with Crippen molar-refractivity contribution in [1.82, 2.24) is 4.98 Å². The van der Waals surface area contributed by atoms with Crippen molar-refractivity contribution in [1.29, 1.82) is 0 Å². The minimum Gasteiger partial charge on any atom is -0.507 e. The number of anilines is 1. The SMILES string of the molecule is COc1cccc(/C(O)=C2/C(=O)C(=O)N(c3ccccn3)C2c2ccc(Br)cc2)c1. The molecule has 0 radical (unpaired) electrons. The third-order valence-electron chi connectivity index (χ3n) is 4.87. The van der Waals surface area contributed by atoms with E-state index in [1.54, 1.807) is 60.8 Å². The van der Waals surface area contributed by atoms with Crippen LogP contribution in [0.25, 0.3) is 5.76 Å². The van der Waals surface area contributed by atoms with Crippen LogP contribution in [0.4, 0.5) is 5.82 Å². The number of ether oxygens (including phenoxy) is 1. The Labute approximate surface area is 181 Å². The number of ketones is 1. The second kappa shape index (κ2) is 8.12. The molecule has 3 aromatic rings. The summed E-state index contributed by atoms with van der Waals surface area (Å²) < 4.78 is 6.07. The molecular weight excluding hydrogens is 448 g/mol. The third kappa shape index (κ3) is 3.48. The fraction of sp³-hybridized carbons (Fsp3) is 0.0870. The van der Waals surface area contributed by atoms with Crippen molar-refractivity contribution < 1.29 is 19.4 Å². The van der Waals surface area contributed by atoms with Crippen LogP contribution in [-0.4, -0.2) is 28.9 Å². The van der Waals surface area contributed by atoms with Crippen LogP contribution in [0.5, 0.6) is 5.75 Å². The van der Waals surface area contributed by atoms with Crippen molar-refractivity contribution in [3.8, 4) is 5.75 Å². The van der Waals surface area contributed by atoms with Crippen molar-refractivity contribution >= 4 is 39.2 Å². The van der Waals surface area contributed by atoms with Crippen LogP contribution < -0.4 is 9.64 Å². The van der Waals surface area contributed by atoms with E-state index in [0.29, 0.717) is 22.7 Å². The summed E-state index contributed by atoms with van der Waals surface area (Å²) in [5, 5.41) is 11.1. The van der Waals surface area contributed by atoms with Gasteiger partial charge in [-0.2, -0.15) is 0 Å². The first-order valence-corrected chi connectivity index (χ1v) is 9.92. The highest BCUT2D eigenvalue weighted by atomic mass is 79.9. The van der Waals surface area contributed by atoms with Crippen molar-refractivity contribution in [2.75, 3.05) is 12.0 Å². The standard InChI is InChI=1S/C23H17BrN2O4/c1-30-17-6-4-5-15(13-17)21(27)19-20(14-8-10-16(24)11-9-14)26(23(29)22(19)28)18-7-2-3-12-25-18/h2-13,20,27H,1H3/b21-19-. The number of methoxy groups -OCH3 is 1. The molecule has 1 unspecified atom stereocenters. The third-order valence-corrected chi connectivity index (χ3v) is 5.40. The Bertz CT molecular complexity index is 1140. The lowest BCUT2D eigenvalue weighted by Crippen LogP contribution is -2.30. The van der Waals surface area contributed by atoms with E-state index in [4.69, 9.17) is 4.74 Å². The zero-order valence-electron chi connectivity index (χ0n) is 15.9. The van der Waals surface area contributed by atoms with E-state index < -0.39 is 17.7 Å². The lowest BCUT2D eigenvalue weighted by Gasteiger charge is -2.24. The highest BCUT2D eigenvalue weighted by Gasteiger charge is 2.47. The molecule has 2 heterocycles. The molecule has 1 aromatic heterocycles. The fourth-order valence-corrected chi connectivity index (χ4v) is 3.72. The van der Waals surface area contributed by atoms with Gasteiger partial charge in [0, 0.05) is 16.2 Å². The van der Waals surface area contributed by atoms with Gasteiger partial charge in [-0.1, -0.05) is 46.3 Å². The Morgan fingerprint density at radius 1 is 1.07 bits per heavy atom. The maximum atomic E-state index is 13.0. The van der Waals surface area contributed by atoms with Crippen LogP contribution in [0.15, 0.2) is 83.0 Å². The second-order valence-electron chi connectivity index (χ2n) is 6.64. The van der Waals surface area contributed by atoms with E-state index in [0.717, 1.165) is 4.47 Å². The number of aliphatic hydroxyl groups is 1. The first-order valence-electron chi connectivity index (χ1n) is 9.13. The van der Waals surface area contributed by atoms with Gasteiger partial charge < -0.3 is 9.84 Å². The number of Topliss-reactive ketones (excluding diaryl/α,β-unsaturated/α-hetero) is 1. The quantitative estimate of drug-likeness (QED) is 0.349. The summed E-state index contributed by atoms with van der Waals surface area (Å²) in [5.74, 6) is -0.922. The number of carbonyl (C=O) groups excluding carboxylic acids is 2. The summed E-state index contributed by atoms with van der Waals surface area (Å²) in [6, 6.07) is 18.2. The van der Waals surface area contributed by atoms with Crippen LogP contribution in [0.3, 0.4) is 0 Å². The van der Waals surface area contributed by atoms with Gasteiger partial charge in [0.05, 0.1) is 18.7 Å². The lowest BCUT2D eigenvalue weighted by molar-refractivity contribution is -0.132. The number of hydrogen-bond acceptors (Lipinski definition) is 5. The Hall–Kier alpha value is -3.45. The number of aromatic nitrogens is 1. The van der Waals surface area contributed by atoms with Crippen molar-refractivity contribution in [3.05, 3.63) is 94.1 Å². The number of carbonyl (C=O) groups is 2. The number of hydrogen-bond donors (Lipinski definition) is 1. The van der Waals surface area contributed by atoms with Crippen molar-refractivity contribution in [3.63, 3.8) is 0 Å². The van der Waals surface area contributed by atoms with E-state index in [1.807, 2.05) is 12.1 Å². The van der Waals surface area contributed by atoms with Crippen molar-refractivity contribution in [2.24, 2.45) is 0 Å². The maximum Gasteiger partial charge on any atom is 0.301 e. The molecule has 1 amide bonds. The molecule has 7 heteroatoms. The van der Waals surface area contributed by atoms with Crippen LogP contribution in [0, 0.1) is 0 Å². The molecule has 1 N–H and O–H groups in total. The number of amides is 1. The first kappa shape index (κ1) is 19.8. The zero-order chi connectivity index (χ0) is 21.3. The maximum absolute atomic E-state index is 13.0. The Kier molecular flexibility index (Phi) is 5.37. The van der Waals surface area contributed by atoms with Gasteiger partial charge in [0.1, 0.15) is 17.3 Å². The minimum atomic E-state index is -0.820. The molecular formula is C23H17BrN2O4. The fourth-order valence-electron chi connectivity index (χ4n) is 3.45. The van der Waals surface area contributed by atoms with Gasteiger partial charge in [-0.05, 0) is 42.0 Å². The molecule has 4 rings (SSSR count). The number of rotatable bonds is 4. The predicted molar refractivity (Wildman–Crippen MR) is 116 cm³/mol. The van der Waals surface area contributed by atoms with Gasteiger partial charge in [-0.15, -0.1) is 0 Å². The summed E-state index contributed by atoms with van der Waals surface area (Å²) in [4.78, 5) is 31.6.